The number of hydrogen-bond acceptors (Lipinski definition) is 3. The van der Waals surface area contributed by atoms with Gasteiger partial charge in [0.15, 0.2) is 0 Å². The Labute approximate surface area is 98.7 Å². The molecule has 2 aliphatic rings. The van der Waals surface area contributed by atoms with Crippen LogP contribution in [0.3, 0.4) is 0 Å². The number of carbonyl (C=O) groups is 1. The van der Waals surface area contributed by atoms with Crippen molar-refractivity contribution in [1.29, 1.82) is 0 Å². The Bertz CT molecular complexity index is 567. The maximum absolute atomic E-state index is 11.4. The highest BCUT2D eigenvalue weighted by atomic mass is 16.1. The van der Waals surface area contributed by atoms with Crippen molar-refractivity contribution >= 4 is 17.7 Å². The third-order valence-electron chi connectivity index (χ3n) is 3.46. The minimum atomic E-state index is -0.421. The Kier molecular flexibility index (Phi) is 1.98. The Morgan fingerprint density at radius 2 is 2.18 bits per heavy atom. The Balaban J connectivity index is 2.18. The largest absolute Gasteiger partial charge is 0.325 e. The first kappa shape index (κ1) is 10.2. The van der Waals surface area contributed by atoms with Crippen LogP contribution in [-0.2, 0) is 21.5 Å². The van der Waals surface area contributed by atoms with Gasteiger partial charge in [0, 0.05) is 5.56 Å². The van der Waals surface area contributed by atoms with Crippen LogP contribution < -0.4 is 5.32 Å². The van der Waals surface area contributed by atoms with E-state index >= 15 is 0 Å². The van der Waals surface area contributed by atoms with Crippen LogP contribution in [0.25, 0.3) is 0 Å². The molecule has 0 atom stereocenters. The molecule has 3 rings (SSSR count). The molecular formula is C13H12N2O2. The molecule has 1 aromatic rings. The second kappa shape index (κ2) is 3.28. The van der Waals surface area contributed by atoms with E-state index in [1.807, 2.05) is 19.1 Å². The standard InChI is InChI=1S/C13H12N2O2/c1-8-4-9-6-11(17)15-12(9)10(5-8)13(2-3-13)14-7-16/h4-5H,2-3,6H2,1H3,(H,15,17). The normalized spacial score (nSPS) is 19.2. The number of isocyanates is 1. The highest BCUT2D eigenvalue weighted by Gasteiger charge is 2.47. The van der Waals surface area contributed by atoms with Crippen LogP contribution in [0.4, 0.5) is 5.69 Å². The number of carbonyl (C=O) groups excluding carboxylic acids is 2. The molecule has 1 amide bonds. The van der Waals surface area contributed by atoms with Gasteiger partial charge in [0.05, 0.1) is 12.1 Å². The van der Waals surface area contributed by atoms with E-state index in [2.05, 4.69) is 10.3 Å². The van der Waals surface area contributed by atoms with Gasteiger partial charge in [0.1, 0.15) is 5.54 Å². The minimum absolute atomic E-state index is 0.0118. The molecule has 4 nitrogen and oxygen atoms in total. The third kappa shape index (κ3) is 1.49. The SMILES string of the molecule is Cc1cc2c(c(C3(N=C=O)CC3)c1)NC(=O)C2. The van der Waals surface area contributed by atoms with Gasteiger partial charge in [-0.3, -0.25) is 4.79 Å². The highest BCUT2D eigenvalue weighted by Crippen LogP contribution is 2.53. The molecule has 1 heterocycles. The molecule has 1 aliphatic heterocycles. The van der Waals surface area contributed by atoms with E-state index in [9.17, 15) is 9.59 Å². The summed E-state index contributed by atoms with van der Waals surface area (Å²) in [6, 6.07) is 4.02. The molecule has 0 unspecified atom stereocenters. The van der Waals surface area contributed by atoms with E-state index in [1.54, 1.807) is 6.08 Å². The van der Waals surface area contributed by atoms with Crippen molar-refractivity contribution in [3.8, 4) is 0 Å². The molecule has 86 valence electrons. The van der Waals surface area contributed by atoms with Crippen molar-refractivity contribution < 1.29 is 9.59 Å². The fourth-order valence-electron chi connectivity index (χ4n) is 2.52. The minimum Gasteiger partial charge on any atom is -0.325 e. The zero-order valence-electron chi connectivity index (χ0n) is 9.54. The average molecular weight is 228 g/mol. The van der Waals surface area contributed by atoms with Crippen molar-refractivity contribution in [3.63, 3.8) is 0 Å². The highest BCUT2D eigenvalue weighted by molar-refractivity contribution is 6.00. The van der Waals surface area contributed by atoms with Gasteiger partial charge >= 0.3 is 0 Å². The summed E-state index contributed by atoms with van der Waals surface area (Å²) in [4.78, 5) is 25.9. The molecule has 1 N–H and O–H groups in total. The second-order valence-electron chi connectivity index (χ2n) is 4.81. The van der Waals surface area contributed by atoms with Crippen LogP contribution in [0.5, 0.6) is 0 Å². The lowest BCUT2D eigenvalue weighted by Crippen LogP contribution is -2.09. The predicted octanol–water partition coefficient (Wildman–Crippen LogP) is 1.81. The van der Waals surface area contributed by atoms with E-state index in [0.29, 0.717) is 6.42 Å². The number of amides is 1. The molecule has 1 saturated carbocycles. The van der Waals surface area contributed by atoms with Crippen LogP contribution in [0.15, 0.2) is 17.1 Å². The Morgan fingerprint density at radius 1 is 1.41 bits per heavy atom. The lowest BCUT2D eigenvalue weighted by Gasteiger charge is -2.14. The number of anilines is 1. The zero-order chi connectivity index (χ0) is 12.0. The molecule has 0 aromatic heterocycles. The van der Waals surface area contributed by atoms with Crippen LogP contribution in [0.1, 0.15) is 29.5 Å². The van der Waals surface area contributed by atoms with Gasteiger partial charge in [0.2, 0.25) is 12.0 Å². The summed E-state index contributed by atoms with van der Waals surface area (Å²) in [7, 11) is 0. The topological polar surface area (TPSA) is 58.5 Å². The van der Waals surface area contributed by atoms with Crippen molar-refractivity contribution in [2.45, 2.75) is 31.7 Å². The van der Waals surface area contributed by atoms with E-state index in [0.717, 1.165) is 35.2 Å². The number of nitrogens with one attached hydrogen (secondary N) is 1. The molecule has 1 aromatic carbocycles. The number of aliphatic imine (C=N–C) groups is 1. The van der Waals surface area contributed by atoms with Crippen LogP contribution in [0, 0.1) is 6.92 Å². The fourth-order valence-corrected chi connectivity index (χ4v) is 2.52. The molecule has 1 fully saturated rings. The first-order valence-electron chi connectivity index (χ1n) is 5.67. The van der Waals surface area contributed by atoms with Crippen LogP contribution in [-0.4, -0.2) is 12.0 Å². The van der Waals surface area contributed by atoms with E-state index in [4.69, 9.17) is 0 Å². The van der Waals surface area contributed by atoms with Crippen LogP contribution in [0.2, 0.25) is 0 Å². The van der Waals surface area contributed by atoms with Crippen molar-refractivity contribution in [3.05, 3.63) is 28.8 Å². The summed E-state index contributed by atoms with van der Waals surface area (Å²) in [5.41, 5.74) is 3.52. The summed E-state index contributed by atoms with van der Waals surface area (Å²) < 4.78 is 0. The zero-order valence-corrected chi connectivity index (χ0v) is 9.54. The third-order valence-corrected chi connectivity index (χ3v) is 3.46. The number of rotatable bonds is 2. The van der Waals surface area contributed by atoms with Gasteiger partial charge in [-0.2, -0.15) is 4.99 Å². The molecule has 0 saturated heterocycles. The van der Waals surface area contributed by atoms with E-state index < -0.39 is 5.54 Å². The quantitative estimate of drug-likeness (QED) is 0.620. The second-order valence-corrected chi connectivity index (χ2v) is 4.81. The molecule has 1 aliphatic carbocycles. The molecule has 0 radical (unpaired) electrons. The van der Waals surface area contributed by atoms with Crippen LogP contribution >= 0.6 is 0 Å². The van der Waals surface area contributed by atoms with Gasteiger partial charge < -0.3 is 5.32 Å². The smallest absolute Gasteiger partial charge is 0.235 e. The first-order chi connectivity index (χ1) is 8.14. The van der Waals surface area contributed by atoms with Crippen molar-refractivity contribution in [2.24, 2.45) is 4.99 Å². The lowest BCUT2D eigenvalue weighted by atomic mass is 9.97. The average Bonchev–Trinajstić information content (AvgIpc) is 2.94. The van der Waals surface area contributed by atoms with Gasteiger partial charge in [-0.1, -0.05) is 17.7 Å². The van der Waals surface area contributed by atoms with Crippen molar-refractivity contribution in [2.75, 3.05) is 5.32 Å². The summed E-state index contributed by atoms with van der Waals surface area (Å²) in [5.74, 6) is 0.0118. The number of aryl methyl sites for hydroxylation is 1. The summed E-state index contributed by atoms with van der Waals surface area (Å²) in [6.07, 6.45) is 3.78. The molecular weight excluding hydrogens is 216 g/mol. The molecule has 0 spiro atoms. The number of hydrogen-bond donors (Lipinski definition) is 1. The number of benzene rings is 1. The van der Waals surface area contributed by atoms with Gasteiger partial charge in [0.25, 0.3) is 0 Å². The maximum Gasteiger partial charge on any atom is 0.235 e. The van der Waals surface area contributed by atoms with E-state index in [1.165, 1.54) is 0 Å². The summed E-state index contributed by atoms with van der Waals surface area (Å²) >= 11 is 0. The molecule has 17 heavy (non-hydrogen) atoms. The van der Waals surface area contributed by atoms with E-state index in [-0.39, 0.29) is 5.91 Å². The van der Waals surface area contributed by atoms with Gasteiger partial charge in [-0.05, 0) is 25.3 Å². The Hall–Kier alpha value is -1.93. The fraction of sp³-hybridized carbons (Fsp3) is 0.385. The number of fused-ring (bicyclic) bond motifs is 1. The number of nitrogens with zero attached hydrogens (tertiary/aromatic N) is 1. The molecule has 4 heteroatoms. The Morgan fingerprint density at radius 3 is 2.82 bits per heavy atom. The molecule has 0 bridgehead atoms. The predicted molar refractivity (Wildman–Crippen MR) is 62.5 cm³/mol. The maximum atomic E-state index is 11.4. The summed E-state index contributed by atoms with van der Waals surface area (Å²) in [6.45, 7) is 1.99. The van der Waals surface area contributed by atoms with Crippen molar-refractivity contribution in [1.82, 2.24) is 0 Å². The monoisotopic (exact) mass is 228 g/mol. The first-order valence-corrected chi connectivity index (χ1v) is 5.67. The van der Waals surface area contributed by atoms with Gasteiger partial charge in [-0.15, -0.1) is 0 Å². The lowest BCUT2D eigenvalue weighted by molar-refractivity contribution is -0.115. The summed E-state index contributed by atoms with van der Waals surface area (Å²) in [5, 5.41) is 2.87. The van der Waals surface area contributed by atoms with Gasteiger partial charge in [-0.25, -0.2) is 4.79 Å².